The van der Waals surface area contributed by atoms with E-state index in [9.17, 15) is 0 Å². The van der Waals surface area contributed by atoms with Gasteiger partial charge in [0, 0.05) is 22.7 Å². The lowest BCUT2D eigenvalue weighted by Crippen LogP contribution is -2.29. The molecule has 4 rings (SSSR count). The number of hydrogen-bond donors (Lipinski definition) is 0. The number of allylic oxidation sites excluding steroid dienone is 1. The molecule has 1 saturated carbocycles. The number of aromatic nitrogens is 2. The molecule has 1 aliphatic carbocycles. The molecule has 0 saturated heterocycles. The van der Waals surface area contributed by atoms with Crippen molar-refractivity contribution in [2.45, 2.75) is 57.9 Å². The van der Waals surface area contributed by atoms with Gasteiger partial charge < -0.3 is 9.42 Å². The van der Waals surface area contributed by atoms with Crippen molar-refractivity contribution in [3.05, 3.63) is 76.1 Å². The Kier molecular flexibility index (Phi) is 7.06. The highest BCUT2D eigenvalue weighted by atomic mass is 35.5. The van der Waals surface area contributed by atoms with Crippen molar-refractivity contribution < 1.29 is 4.52 Å². The van der Waals surface area contributed by atoms with Gasteiger partial charge in [-0.15, -0.1) is 0 Å². The Morgan fingerprint density at radius 2 is 1.64 bits per heavy atom. The normalized spacial score (nSPS) is 17.9. The van der Waals surface area contributed by atoms with Gasteiger partial charge in [0.2, 0.25) is 5.82 Å². The van der Waals surface area contributed by atoms with Crippen molar-refractivity contribution in [3.8, 4) is 11.4 Å². The average Bonchev–Trinajstić information content (AvgIpc) is 3.24. The highest BCUT2D eigenvalue weighted by Crippen LogP contribution is 2.40. The van der Waals surface area contributed by atoms with Crippen molar-refractivity contribution in [1.29, 1.82) is 0 Å². The van der Waals surface area contributed by atoms with E-state index in [0.717, 1.165) is 36.3 Å². The van der Waals surface area contributed by atoms with E-state index in [0.29, 0.717) is 23.7 Å². The predicted molar refractivity (Wildman–Crippen MR) is 136 cm³/mol. The second kappa shape index (κ2) is 9.82. The van der Waals surface area contributed by atoms with Crippen LogP contribution in [0.15, 0.2) is 58.6 Å². The van der Waals surface area contributed by atoms with Gasteiger partial charge in [-0.3, -0.25) is 0 Å². The standard InChI is InChI=1S/C28H34ClN3O/c1-28(2,3)23-14-10-22(11-15-23)27-30-25(33-31-27)18-19-6-8-20(9-7-19)26(32(4)5)21-12-16-24(29)17-13-21/h10-18,20,26H,6-9H2,1-5H3. The molecule has 4 nitrogen and oxygen atoms in total. The lowest BCUT2D eigenvalue weighted by molar-refractivity contribution is 0.184. The van der Waals surface area contributed by atoms with Crippen LogP contribution in [0.2, 0.25) is 5.02 Å². The number of nitrogens with zero attached hydrogens (tertiary/aromatic N) is 3. The molecule has 2 aromatic carbocycles. The minimum absolute atomic E-state index is 0.128. The third-order valence-corrected chi connectivity index (χ3v) is 6.92. The molecular weight excluding hydrogens is 430 g/mol. The van der Waals surface area contributed by atoms with E-state index in [1.165, 1.54) is 16.7 Å². The van der Waals surface area contributed by atoms with Crippen molar-refractivity contribution in [3.63, 3.8) is 0 Å². The monoisotopic (exact) mass is 463 g/mol. The Bertz CT molecular complexity index is 1080. The lowest BCUT2D eigenvalue weighted by atomic mass is 9.78. The van der Waals surface area contributed by atoms with Crippen LogP contribution >= 0.6 is 11.6 Å². The first-order valence-electron chi connectivity index (χ1n) is 11.8. The second-order valence-electron chi connectivity index (χ2n) is 10.4. The zero-order chi connectivity index (χ0) is 23.6. The third-order valence-electron chi connectivity index (χ3n) is 6.67. The average molecular weight is 464 g/mol. The zero-order valence-corrected chi connectivity index (χ0v) is 21.1. The van der Waals surface area contributed by atoms with Crippen molar-refractivity contribution in [2.75, 3.05) is 14.1 Å². The van der Waals surface area contributed by atoms with Crippen molar-refractivity contribution in [2.24, 2.45) is 5.92 Å². The number of benzene rings is 2. The Morgan fingerprint density at radius 1 is 1.00 bits per heavy atom. The molecule has 5 heteroatoms. The minimum atomic E-state index is 0.128. The number of rotatable bonds is 5. The molecule has 0 spiro atoms. The summed E-state index contributed by atoms with van der Waals surface area (Å²) >= 11 is 6.10. The first kappa shape index (κ1) is 23.7. The first-order valence-corrected chi connectivity index (χ1v) is 12.1. The summed E-state index contributed by atoms with van der Waals surface area (Å²) in [7, 11) is 4.33. The van der Waals surface area contributed by atoms with Crippen LogP contribution in [0.4, 0.5) is 0 Å². The second-order valence-corrected chi connectivity index (χ2v) is 10.8. The van der Waals surface area contributed by atoms with E-state index in [4.69, 9.17) is 16.1 Å². The summed E-state index contributed by atoms with van der Waals surface area (Å²) in [5.74, 6) is 1.85. The molecule has 1 unspecified atom stereocenters. The van der Waals surface area contributed by atoms with E-state index in [1.807, 2.05) is 12.1 Å². The van der Waals surface area contributed by atoms with Gasteiger partial charge in [-0.1, -0.05) is 79.5 Å². The molecule has 1 aromatic heterocycles. The summed E-state index contributed by atoms with van der Waals surface area (Å²) in [5, 5.41) is 5.00. The molecule has 0 amide bonds. The van der Waals surface area contributed by atoms with Crippen molar-refractivity contribution in [1.82, 2.24) is 15.0 Å². The molecule has 3 aromatic rings. The van der Waals surface area contributed by atoms with Crippen LogP contribution in [0.1, 0.15) is 69.5 Å². The maximum Gasteiger partial charge on any atom is 0.250 e. The van der Waals surface area contributed by atoms with Crippen LogP contribution in [0.25, 0.3) is 17.5 Å². The van der Waals surface area contributed by atoms with Crippen LogP contribution in [0.3, 0.4) is 0 Å². The van der Waals surface area contributed by atoms with E-state index in [-0.39, 0.29) is 5.41 Å². The largest absolute Gasteiger partial charge is 0.334 e. The fourth-order valence-corrected chi connectivity index (χ4v) is 4.95. The molecular formula is C28H34ClN3O. The Labute approximate surface area is 202 Å². The van der Waals surface area contributed by atoms with Crippen LogP contribution in [0, 0.1) is 5.92 Å². The van der Waals surface area contributed by atoms with Gasteiger partial charge in [-0.25, -0.2) is 0 Å². The maximum atomic E-state index is 6.10. The molecule has 1 fully saturated rings. The first-order chi connectivity index (χ1) is 15.7. The number of halogens is 1. The maximum absolute atomic E-state index is 6.10. The van der Waals surface area contributed by atoms with E-state index >= 15 is 0 Å². The summed E-state index contributed by atoms with van der Waals surface area (Å²) in [6.07, 6.45) is 6.49. The SMILES string of the molecule is CN(C)C(c1ccc(Cl)cc1)C1CCC(=Cc2nc(-c3ccc(C(C)(C)C)cc3)no2)CC1. The molecule has 0 aliphatic heterocycles. The predicted octanol–water partition coefficient (Wildman–Crippen LogP) is 7.56. The van der Waals surface area contributed by atoms with Gasteiger partial charge in [0.05, 0.1) is 0 Å². The van der Waals surface area contributed by atoms with Crippen LogP contribution in [-0.2, 0) is 5.41 Å². The molecule has 33 heavy (non-hydrogen) atoms. The summed E-state index contributed by atoms with van der Waals surface area (Å²) < 4.78 is 5.55. The summed E-state index contributed by atoms with van der Waals surface area (Å²) in [6.45, 7) is 6.64. The van der Waals surface area contributed by atoms with Gasteiger partial charge in [0.15, 0.2) is 0 Å². The molecule has 1 atom stereocenters. The Morgan fingerprint density at radius 3 is 2.21 bits per heavy atom. The lowest BCUT2D eigenvalue weighted by Gasteiger charge is -2.36. The Balaban J connectivity index is 1.42. The molecule has 1 aliphatic rings. The van der Waals surface area contributed by atoms with Crippen LogP contribution < -0.4 is 0 Å². The molecule has 0 bridgehead atoms. The summed E-state index contributed by atoms with van der Waals surface area (Å²) in [4.78, 5) is 6.96. The topological polar surface area (TPSA) is 42.2 Å². The van der Waals surface area contributed by atoms with Gasteiger partial charge >= 0.3 is 0 Å². The highest BCUT2D eigenvalue weighted by Gasteiger charge is 2.28. The van der Waals surface area contributed by atoms with Crippen LogP contribution in [-0.4, -0.2) is 29.1 Å². The minimum Gasteiger partial charge on any atom is -0.334 e. The summed E-state index contributed by atoms with van der Waals surface area (Å²) in [6, 6.07) is 17.1. The van der Waals surface area contributed by atoms with Gasteiger partial charge in [0.25, 0.3) is 5.89 Å². The quantitative estimate of drug-likeness (QED) is 0.391. The fourth-order valence-electron chi connectivity index (χ4n) is 4.83. The molecule has 0 N–H and O–H groups in total. The number of hydrogen-bond acceptors (Lipinski definition) is 4. The van der Waals surface area contributed by atoms with E-state index < -0.39 is 0 Å². The zero-order valence-electron chi connectivity index (χ0n) is 20.3. The molecule has 174 valence electrons. The van der Waals surface area contributed by atoms with Crippen LogP contribution in [0.5, 0.6) is 0 Å². The molecule has 0 radical (unpaired) electrons. The van der Waals surface area contributed by atoms with Gasteiger partial charge in [-0.05, 0) is 74.4 Å². The van der Waals surface area contributed by atoms with Gasteiger partial charge in [0.1, 0.15) is 0 Å². The molecule has 1 heterocycles. The fraction of sp³-hybridized carbons (Fsp3) is 0.429. The van der Waals surface area contributed by atoms with Crippen molar-refractivity contribution >= 4 is 17.7 Å². The summed E-state index contributed by atoms with van der Waals surface area (Å²) in [5.41, 5.74) is 5.13. The Hall–Kier alpha value is -2.43. The smallest absolute Gasteiger partial charge is 0.250 e. The van der Waals surface area contributed by atoms with E-state index in [1.54, 1.807) is 0 Å². The third kappa shape index (κ3) is 5.74. The van der Waals surface area contributed by atoms with Gasteiger partial charge in [-0.2, -0.15) is 4.98 Å². The highest BCUT2D eigenvalue weighted by molar-refractivity contribution is 6.30. The van der Waals surface area contributed by atoms with E-state index in [2.05, 4.69) is 92.4 Å².